The van der Waals surface area contributed by atoms with Crippen LogP contribution in [-0.2, 0) is 13.0 Å². The van der Waals surface area contributed by atoms with E-state index in [0.29, 0.717) is 27.8 Å². The number of amides is 2. The van der Waals surface area contributed by atoms with Crippen molar-refractivity contribution in [3.05, 3.63) is 70.2 Å². The minimum atomic E-state index is -0.251. The van der Waals surface area contributed by atoms with E-state index in [-0.39, 0.29) is 18.4 Å². The number of rotatable bonds is 10. The standard InChI is InChI=1S/C24H28N4O4S/c1-28(2)11-10-19-15-33-24(26-19)27-23(30)17-7-5-6-16(12-17)14-25-22(29)18-8-9-20(31-3)21(13-18)32-4/h5-9,12-13,15H,10-11,14H2,1-4H3,(H,25,29)(H,26,27,30). The molecule has 2 N–H and O–H groups in total. The highest BCUT2D eigenvalue weighted by Crippen LogP contribution is 2.27. The second kappa shape index (κ2) is 11.4. The number of ether oxygens (including phenoxy) is 2. The summed E-state index contributed by atoms with van der Waals surface area (Å²) in [4.78, 5) is 31.8. The van der Waals surface area contributed by atoms with Crippen LogP contribution in [0.4, 0.5) is 5.13 Å². The number of nitrogens with one attached hydrogen (secondary N) is 2. The van der Waals surface area contributed by atoms with Gasteiger partial charge in [0.05, 0.1) is 19.9 Å². The number of nitrogens with zero attached hydrogens (tertiary/aromatic N) is 2. The van der Waals surface area contributed by atoms with Gasteiger partial charge in [-0.3, -0.25) is 14.9 Å². The average Bonchev–Trinajstić information content (AvgIpc) is 3.28. The summed E-state index contributed by atoms with van der Waals surface area (Å²) >= 11 is 1.41. The van der Waals surface area contributed by atoms with Crippen molar-refractivity contribution >= 4 is 28.3 Å². The lowest BCUT2D eigenvalue weighted by Gasteiger charge is -2.10. The number of aromatic nitrogens is 1. The molecule has 0 aliphatic carbocycles. The molecular weight excluding hydrogens is 440 g/mol. The molecule has 174 valence electrons. The molecule has 9 heteroatoms. The molecule has 0 saturated carbocycles. The monoisotopic (exact) mass is 468 g/mol. The number of hydrogen-bond donors (Lipinski definition) is 2. The predicted molar refractivity (Wildman–Crippen MR) is 129 cm³/mol. The lowest BCUT2D eigenvalue weighted by atomic mass is 10.1. The highest BCUT2D eigenvalue weighted by molar-refractivity contribution is 7.14. The highest BCUT2D eigenvalue weighted by atomic mass is 32.1. The minimum absolute atomic E-state index is 0.239. The van der Waals surface area contributed by atoms with E-state index >= 15 is 0 Å². The summed E-state index contributed by atoms with van der Waals surface area (Å²) in [5.41, 5.74) is 2.71. The third-order valence-electron chi connectivity index (χ3n) is 4.88. The van der Waals surface area contributed by atoms with Gasteiger partial charge in [-0.05, 0) is 50.0 Å². The van der Waals surface area contributed by atoms with Gasteiger partial charge in [-0.2, -0.15) is 0 Å². The Labute approximate surface area is 197 Å². The SMILES string of the molecule is COc1ccc(C(=O)NCc2cccc(C(=O)Nc3nc(CCN(C)C)cs3)c2)cc1OC. The van der Waals surface area contributed by atoms with Crippen molar-refractivity contribution < 1.29 is 19.1 Å². The van der Waals surface area contributed by atoms with Gasteiger partial charge >= 0.3 is 0 Å². The summed E-state index contributed by atoms with van der Waals surface area (Å²) in [5, 5.41) is 8.24. The molecular formula is C24H28N4O4S. The number of hydrogen-bond acceptors (Lipinski definition) is 7. The molecule has 0 spiro atoms. The van der Waals surface area contributed by atoms with E-state index in [0.717, 1.165) is 24.2 Å². The Bertz CT molecular complexity index is 1110. The van der Waals surface area contributed by atoms with Gasteiger partial charge in [-0.1, -0.05) is 12.1 Å². The van der Waals surface area contributed by atoms with Crippen molar-refractivity contribution in [1.29, 1.82) is 0 Å². The zero-order chi connectivity index (χ0) is 23.8. The van der Waals surface area contributed by atoms with Crippen molar-refractivity contribution in [3.8, 4) is 11.5 Å². The molecule has 0 fully saturated rings. The van der Waals surface area contributed by atoms with Crippen LogP contribution in [-0.4, -0.2) is 56.6 Å². The molecule has 3 aromatic rings. The summed E-state index contributed by atoms with van der Waals surface area (Å²) in [5.74, 6) is 0.545. The molecule has 2 aromatic carbocycles. The smallest absolute Gasteiger partial charge is 0.257 e. The van der Waals surface area contributed by atoms with E-state index in [1.165, 1.54) is 18.4 Å². The number of anilines is 1. The quantitative estimate of drug-likeness (QED) is 0.474. The van der Waals surface area contributed by atoms with Gasteiger partial charge in [0.25, 0.3) is 11.8 Å². The van der Waals surface area contributed by atoms with Crippen LogP contribution in [0, 0.1) is 0 Å². The summed E-state index contributed by atoms with van der Waals surface area (Å²) < 4.78 is 10.5. The molecule has 0 aliphatic rings. The Balaban J connectivity index is 1.59. The van der Waals surface area contributed by atoms with Gasteiger partial charge in [0.15, 0.2) is 16.6 Å². The van der Waals surface area contributed by atoms with Gasteiger partial charge in [0, 0.05) is 36.0 Å². The molecule has 0 saturated heterocycles. The third-order valence-corrected chi connectivity index (χ3v) is 5.68. The maximum atomic E-state index is 12.7. The third kappa shape index (κ3) is 6.77. The van der Waals surface area contributed by atoms with E-state index in [9.17, 15) is 9.59 Å². The zero-order valence-corrected chi connectivity index (χ0v) is 20.0. The van der Waals surface area contributed by atoms with Crippen LogP contribution in [0.15, 0.2) is 47.8 Å². The highest BCUT2D eigenvalue weighted by Gasteiger charge is 2.13. The fourth-order valence-corrected chi connectivity index (χ4v) is 3.81. The van der Waals surface area contributed by atoms with E-state index < -0.39 is 0 Å². The van der Waals surface area contributed by atoms with Gasteiger partial charge in [-0.25, -0.2) is 4.98 Å². The fraction of sp³-hybridized carbons (Fsp3) is 0.292. The normalized spacial score (nSPS) is 10.7. The lowest BCUT2D eigenvalue weighted by molar-refractivity contribution is 0.0950. The van der Waals surface area contributed by atoms with Crippen molar-refractivity contribution in [3.63, 3.8) is 0 Å². The molecule has 1 aromatic heterocycles. The minimum Gasteiger partial charge on any atom is -0.493 e. The first kappa shape index (κ1) is 24.2. The number of benzene rings is 2. The number of thiazole rings is 1. The predicted octanol–water partition coefficient (Wildman–Crippen LogP) is 3.45. The Morgan fingerprint density at radius 2 is 1.76 bits per heavy atom. The summed E-state index contributed by atoms with van der Waals surface area (Å²) in [6.07, 6.45) is 0.828. The van der Waals surface area contributed by atoms with Crippen LogP contribution in [0.2, 0.25) is 0 Å². The molecule has 3 rings (SSSR count). The van der Waals surface area contributed by atoms with Crippen LogP contribution in [0.5, 0.6) is 11.5 Å². The fourth-order valence-electron chi connectivity index (χ4n) is 3.07. The van der Waals surface area contributed by atoms with Gasteiger partial charge in [-0.15, -0.1) is 11.3 Å². The largest absolute Gasteiger partial charge is 0.493 e. The molecule has 33 heavy (non-hydrogen) atoms. The second-order valence-corrected chi connectivity index (χ2v) is 8.46. The number of methoxy groups -OCH3 is 2. The number of carbonyl (C=O) groups excluding carboxylic acids is 2. The van der Waals surface area contributed by atoms with E-state index in [1.54, 1.807) is 43.5 Å². The van der Waals surface area contributed by atoms with Gasteiger partial charge in [0.2, 0.25) is 0 Å². The van der Waals surface area contributed by atoms with Crippen LogP contribution in [0.25, 0.3) is 0 Å². The van der Waals surface area contributed by atoms with Gasteiger partial charge < -0.3 is 19.7 Å². The van der Waals surface area contributed by atoms with Crippen LogP contribution in [0.3, 0.4) is 0 Å². The molecule has 0 atom stereocenters. The van der Waals surface area contributed by atoms with Crippen LogP contribution >= 0.6 is 11.3 Å². The Morgan fingerprint density at radius 3 is 2.48 bits per heavy atom. The van der Waals surface area contributed by atoms with Crippen LogP contribution < -0.4 is 20.1 Å². The van der Waals surface area contributed by atoms with Crippen LogP contribution in [0.1, 0.15) is 32.0 Å². The molecule has 0 aliphatic heterocycles. The average molecular weight is 469 g/mol. The first-order valence-electron chi connectivity index (χ1n) is 10.4. The van der Waals surface area contributed by atoms with Crippen molar-refractivity contribution in [2.75, 3.05) is 40.2 Å². The first-order chi connectivity index (χ1) is 15.9. The Morgan fingerprint density at radius 1 is 1.00 bits per heavy atom. The lowest BCUT2D eigenvalue weighted by Crippen LogP contribution is -2.23. The Kier molecular flexibility index (Phi) is 8.39. The van der Waals surface area contributed by atoms with Gasteiger partial charge in [0.1, 0.15) is 0 Å². The van der Waals surface area contributed by atoms with E-state index in [1.807, 2.05) is 25.5 Å². The number of carbonyl (C=O) groups is 2. The maximum Gasteiger partial charge on any atom is 0.257 e. The van der Waals surface area contributed by atoms with Crippen molar-refractivity contribution in [2.45, 2.75) is 13.0 Å². The molecule has 0 unspecified atom stereocenters. The Hall–Kier alpha value is -3.43. The van der Waals surface area contributed by atoms with E-state index in [2.05, 4.69) is 20.5 Å². The van der Waals surface area contributed by atoms with Crippen molar-refractivity contribution in [2.24, 2.45) is 0 Å². The first-order valence-corrected chi connectivity index (χ1v) is 11.3. The molecule has 1 heterocycles. The molecule has 0 radical (unpaired) electrons. The molecule has 2 amide bonds. The summed E-state index contributed by atoms with van der Waals surface area (Å²) in [6.45, 7) is 1.18. The molecule has 0 bridgehead atoms. The number of likely N-dealkylation sites (N-methyl/N-ethyl adjacent to an activating group) is 1. The summed E-state index contributed by atoms with van der Waals surface area (Å²) in [7, 11) is 7.09. The summed E-state index contributed by atoms with van der Waals surface area (Å²) in [6, 6.07) is 12.1. The zero-order valence-electron chi connectivity index (χ0n) is 19.2. The molecule has 8 nitrogen and oxygen atoms in total. The van der Waals surface area contributed by atoms with Crippen molar-refractivity contribution in [1.82, 2.24) is 15.2 Å². The maximum absolute atomic E-state index is 12.7. The topological polar surface area (TPSA) is 92.8 Å². The van der Waals surface area contributed by atoms with E-state index in [4.69, 9.17) is 9.47 Å². The second-order valence-electron chi connectivity index (χ2n) is 7.60.